The van der Waals surface area contributed by atoms with Gasteiger partial charge in [-0.25, -0.2) is 14.1 Å². The summed E-state index contributed by atoms with van der Waals surface area (Å²) in [7, 11) is 0. The van der Waals surface area contributed by atoms with Crippen LogP contribution in [-0.2, 0) is 16.1 Å². The molecule has 6 heteroatoms. The molecule has 25 heavy (non-hydrogen) atoms. The first kappa shape index (κ1) is 15.7. The molecule has 2 heterocycles. The van der Waals surface area contributed by atoms with Crippen LogP contribution in [0.15, 0.2) is 36.5 Å². The number of pyridine rings is 1. The minimum absolute atomic E-state index is 0.0386. The summed E-state index contributed by atoms with van der Waals surface area (Å²) in [4.78, 5) is 16.3. The van der Waals surface area contributed by atoms with Crippen molar-refractivity contribution in [2.24, 2.45) is 0 Å². The quantitative estimate of drug-likeness (QED) is 0.666. The maximum absolute atomic E-state index is 13.3. The maximum atomic E-state index is 13.3. The van der Waals surface area contributed by atoms with Crippen molar-refractivity contribution in [1.82, 2.24) is 14.8 Å². The van der Waals surface area contributed by atoms with Crippen molar-refractivity contribution < 1.29 is 13.9 Å². The predicted molar refractivity (Wildman–Crippen MR) is 91.5 cm³/mol. The Morgan fingerprint density at radius 2 is 2.04 bits per heavy atom. The molecular weight excluding hydrogens is 321 g/mol. The molecule has 1 fully saturated rings. The zero-order chi connectivity index (χ0) is 17.4. The molecule has 0 unspecified atom stereocenters. The molecule has 4 rings (SSSR count). The molecule has 3 aromatic rings. The average molecular weight is 339 g/mol. The summed E-state index contributed by atoms with van der Waals surface area (Å²) >= 11 is 0. The standard InChI is InChI=1S/C19H18FN3O2/c1-2-25-16(24)11-23-19-17(18(22-23)13-3-4-13)15(9-10-21-19)12-5-7-14(20)8-6-12/h5-10,13H,2-4,11H2,1H3. The van der Waals surface area contributed by atoms with Crippen molar-refractivity contribution in [3.8, 4) is 11.1 Å². The van der Waals surface area contributed by atoms with Crippen molar-refractivity contribution >= 4 is 17.0 Å². The van der Waals surface area contributed by atoms with Crippen molar-refractivity contribution in [2.75, 3.05) is 6.61 Å². The van der Waals surface area contributed by atoms with Crippen molar-refractivity contribution in [3.05, 3.63) is 48.0 Å². The number of aromatic nitrogens is 3. The summed E-state index contributed by atoms with van der Waals surface area (Å²) in [5, 5.41) is 5.60. The highest BCUT2D eigenvalue weighted by Crippen LogP contribution is 2.44. The van der Waals surface area contributed by atoms with Crippen LogP contribution in [0.5, 0.6) is 0 Å². The monoisotopic (exact) mass is 339 g/mol. The lowest BCUT2D eigenvalue weighted by Gasteiger charge is -2.06. The van der Waals surface area contributed by atoms with Gasteiger partial charge in [-0.3, -0.25) is 4.79 Å². The number of fused-ring (bicyclic) bond motifs is 1. The summed E-state index contributed by atoms with van der Waals surface area (Å²) in [6, 6.07) is 8.31. The fraction of sp³-hybridized carbons (Fsp3) is 0.316. The average Bonchev–Trinajstić information content (AvgIpc) is 3.39. The van der Waals surface area contributed by atoms with Gasteiger partial charge in [-0.15, -0.1) is 0 Å². The number of halogens is 1. The van der Waals surface area contributed by atoms with E-state index in [-0.39, 0.29) is 18.3 Å². The summed E-state index contributed by atoms with van der Waals surface area (Å²) in [6.07, 6.45) is 3.87. The van der Waals surface area contributed by atoms with Crippen molar-refractivity contribution in [2.45, 2.75) is 32.2 Å². The number of benzene rings is 1. The minimum atomic E-state index is -0.330. The molecule has 0 spiro atoms. The Labute approximate surface area is 144 Å². The van der Waals surface area contributed by atoms with E-state index in [0.29, 0.717) is 18.2 Å². The van der Waals surface area contributed by atoms with Crippen LogP contribution in [0.4, 0.5) is 4.39 Å². The van der Waals surface area contributed by atoms with Gasteiger partial charge in [0, 0.05) is 12.1 Å². The predicted octanol–water partition coefficient (Wildman–Crippen LogP) is 3.68. The van der Waals surface area contributed by atoms with E-state index in [1.54, 1.807) is 29.9 Å². The van der Waals surface area contributed by atoms with E-state index in [9.17, 15) is 9.18 Å². The number of carbonyl (C=O) groups excluding carboxylic acids is 1. The molecular formula is C19H18FN3O2. The molecule has 0 atom stereocenters. The molecule has 0 radical (unpaired) electrons. The molecule has 1 aliphatic rings. The fourth-order valence-electron chi connectivity index (χ4n) is 3.08. The molecule has 0 bridgehead atoms. The maximum Gasteiger partial charge on any atom is 0.327 e. The number of carbonyl (C=O) groups is 1. The van der Waals surface area contributed by atoms with E-state index in [1.165, 1.54) is 12.1 Å². The van der Waals surface area contributed by atoms with Gasteiger partial charge in [-0.2, -0.15) is 5.10 Å². The normalized spacial score (nSPS) is 14.0. The van der Waals surface area contributed by atoms with Gasteiger partial charge in [-0.05, 0) is 49.1 Å². The zero-order valence-electron chi connectivity index (χ0n) is 13.9. The van der Waals surface area contributed by atoms with Gasteiger partial charge in [0.1, 0.15) is 12.4 Å². The van der Waals surface area contributed by atoms with Crippen LogP contribution in [0.3, 0.4) is 0 Å². The summed E-state index contributed by atoms with van der Waals surface area (Å²) in [6.45, 7) is 2.15. The smallest absolute Gasteiger partial charge is 0.327 e. The van der Waals surface area contributed by atoms with E-state index in [2.05, 4.69) is 10.1 Å². The van der Waals surface area contributed by atoms with Gasteiger partial charge < -0.3 is 4.74 Å². The van der Waals surface area contributed by atoms with Gasteiger partial charge >= 0.3 is 5.97 Å². The Morgan fingerprint density at radius 1 is 1.28 bits per heavy atom. The van der Waals surface area contributed by atoms with Crippen molar-refractivity contribution in [3.63, 3.8) is 0 Å². The van der Waals surface area contributed by atoms with Crippen molar-refractivity contribution in [1.29, 1.82) is 0 Å². The summed E-state index contributed by atoms with van der Waals surface area (Å²) < 4.78 is 19.9. The van der Waals surface area contributed by atoms with Crippen LogP contribution < -0.4 is 0 Å². The van der Waals surface area contributed by atoms with Gasteiger partial charge in [0.15, 0.2) is 5.65 Å². The molecule has 1 aromatic carbocycles. The second-order valence-corrected chi connectivity index (χ2v) is 6.19. The molecule has 0 amide bonds. The Morgan fingerprint density at radius 3 is 2.72 bits per heavy atom. The van der Waals surface area contributed by atoms with Crippen LogP contribution in [-0.4, -0.2) is 27.3 Å². The number of ether oxygens (including phenoxy) is 1. The number of esters is 1. The first-order chi connectivity index (χ1) is 12.2. The summed E-state index contributed by atoms with van der Waals surface area (Å²) in [5.41, 5.74) is 3.50. The van der Waals surface area contributed by atoms with E-state index in [0.717, 1.165) is 35.0 Å². The van der Waals surface area contributed by atoms with E-state index >= 15 is 0 Å². The van der Waals surface area contributed by atoms with Gasteiger partial charge in [0.25, 0.3) is 0 Å². The van der Waals surface area contributed by atoms with Crippen LogP contribution in [0.1, 0.15) is 31.4 Å². The van der Waals surface area contributed by atoms with E-state index in [4.69, 9.17) is 4.74 Å². The lowest BCUT2D eigenvalue weighted by molar-refractivity contribution is -0.143. The third kappa shape index (κ3) is 2.99. The van der Waals surface area contributed by atoms with Crippen LogP contribution in [0, 0.1) is 5.82 Å². The van der Waals surface area contributed by atoms with Gasteiger partial charge in [0.05, 0.1) is 17.7 Å². The third-order valence-electron chi connectivity index (χ3n) is 4.36. The zero-order valence-corrected chi connectivity index (χ0v) is 13.9. The molecule has 0 saturated heterocycles. The topological polar surface area (TPSA) is 57.0 Å². The molecule has 2 aromatic heterocycles. The number of hydrogen-bond donors (Lipinski definition) is 0. The Hall–Kier alpha value is -2.76. The minimum Gasteiger partial charge on any atom is -0.465 e. The first-order valence-corrected chi connectivity index (χ1v) is 8.44. The van der Waals surface area contributed by atoms with Crippen LogP contribution in [0.2, 0.25) is 0 Å². The highest BCUT2D eigenvalue weighted by Gasteiger charge is 2.31. The van der Waals surface area contributed by atoms with E-state index in [1.807, 2.05) is 6.07 Å². The Bertz CT molecular complexity index is 930. The highest BCUT2D eigenvalue weighted by molar-refractivity contribution is 5.95. The number of nitrogens with zero attached hydrogens (tertiary/aromatic N) is 3. The number of rotatable bonds is 5. The molecule has 0 aliphatic heterocycles. The second kappa shape index (κ2) is 6.27. The Balaban J connectivity index is 1.86. The third-order valence-corrected chi connectivity index (χ3v) is 4.36. The number of hydrogen-bond acceptors (Lipinski definition) is 4. The second-order valence-electron chi connectivity index (χ2n) is 6.19. The van der Waals surface area contributed by atoms with Crippen LogP contribution in [0.25, 0.3) is 22.2 Å². The van der Waals surface area contributed by atoms with Crippen LogP contribution >= 0.6 is 0 Å². The fourth-order valence-corrected chi connectivity index (χ4v) is 3.08. The largest absolute Gasteiger partial charge is 0.465 e. The summed E-state index contributed by atoms with van der Waals surface area (Å²) in [5.74, 6) is -0.202. The molecule has 128 valence electrons. The molecule has 1 saturated carbocycles. The molecule has 0 N–H and O–H groups in total. The SMILES string of the molecule is CCOC(=O)Cn1nc(C2CC2)c2c(-c3ccc(F)cc3)ccnc21. The van der Waals surface area contributed by atoms with E-state index < -0.39 is 0 Å². The molecule has 5 nitrogen and oxygen atoms in total. The first-order valence-electron chi connectivity index (χ1n) is 8.44. The van der Waals surface area contributed by atoms with Gasteiger partial charge in [-0.1, -0.05) is 12.1 Å². The Kier molecular flexibility index (Phi) is 3.95. The molecule has 1 aliphatic carbocycles. The lowest BCUT2D eigenvalue weighted by Crippen LogP contribution is -2.14. The lowest BCUT2D eigenvalue weighted by atomic mass is 10.0. The highest BCUT2D eigenvalue weighted by atomic mass is 19.1. The van der Waals surface area contributed by atoms with Gasteiger partial charge in [0.2, 0.25) is 0 Å².